The molecule has 1 atom stereocenters. The average molecular weight is 245 g/mol. The van der Waals surface area contributed by atoms with Crippen LogP contribution in [-0.4, -0.2) is 12.6 Å². The molecule has 18 heavy (non-hydrogen) atoms. The zero-order chi connectivity index (χ0) is 13.2. The predicted molar refractivity (Wildman–Crippen MR) is 79.0 cm³/mol. The van der Waals surface area contributed by atoms with E-state index in [2.05, 4.69) is 57.3 Å². The maximum atomic E-state index is 3.64. The second-order valence-electron chi connectivity index (χ2n) is 6.65. The molecule has 1 aliphatic carbocycles. The summed E-state index contributed by atoms with van der Waals surface area (Å²) in [6.45, 7) is 10.1. The van der Waals surface area contributed by atoms with Crippen molar-refractivity contribution < 1.29 is 0 Å². The van der Waals surface area contributed by atoms with Crippen LogP contribution in [0.25, 0.3) is 0 Å². The molecule has 1 nitrogen and oxygen atoms in total. The molecule has 2 rings (SSSR count). The van der Waals surface area contributed by atoms with E-state index < -0.39 is 0 Å². The van der Waals surface area contributed by atoms with Gasteiger partial charge in [-0.25, -0.2) is 0 Å². The van der Waals surface area contributed by atoms with Crippen LogP contribution in [0.15, 0.2) is 24.3 Å². The largest absolute Gasteiger partial charge is 0.314 e. The fourth-order valence-corrected chi connectivity index (χ4v) is 2.56. The first-order valence-corrected chi connectivity index (χ1v) is 7.33. The minimum Gasteiger partial charge on any atom is -0.314 e. The molecule has 1 aliphatic rings. The highest BCUT2D eigenvalue weighted by atomic mass is 14.9. The summed E-state index contributed by atoms with van der Waals surface area (Å²) in [7, 11) is 0. The first-order chi connectivity index (χ1) is 8.50. The molecule has 1 saturated carbocycles. The van der Waals surface area contributed by atoms with Crippen molar-refractivity contribution in [1.29, 1.82) is 0 Å². The van der Waals surface area contributed by atoms with Crippen molar-refractivity contribution in [3.8, 4) is 0 Å². The van der Waals surface area contributed by atoms with Gasteiger partial charge in [-0.05, 0) is 48.3 Å². The molecule has 100 valence electrons. The zero-order valence-corrected chi connectivity index (χ0v) is 12.3. The third kappa shape index (κ3) is 3.58. The Morgan fingerprint density at radius 3 is 2.22 bits per heavy atom. The second kappa shape index (κ2) is 5.44. The summed E-state index contributed by atoms with van der Waals surface area (Å²) >= 11 is 0. The molecule has 0 heterocycles. The van der Waals surface area contributed by atoms with Gasteiger partial charge in [0.1, 0.15) is 0 Å². The molecule has 1 fully saturated rings. The molecule has 1 unspecified atom stereocenters. The van der Waals surface area contributed by atoms with E-state index in [-0.39, 0.29) is 5.41 Å². The van der Waals surface area contributed by atoms with Gasteiger partial charge in [0.25, 0.3) is 0 Å². The standard InChI is InChI=1S/C17H27N/c1-5-18-16(14-8-9-14)12-13-6-10-15(11-7-13)17(2,3)4/h6-7,10-11,14,16,18H,5,8-9,12H2,1-4H3. The van der Waals surface area contributed by atoms with Gasteiger partial charge in [-0.1, -0.05) is 52.0 Å². The molecular weight excluding hydrogens is 218 g/mol. The van der Waals surface area contributed by atoms with E-state index in [4.69, 9.17) is 0 Å². The minimum absolute atomic E-state index is 0.260. The van der Waals surface area contributed by atoms with Gasteiger partial charge in [-0.2, -0.15) is 0 Å². The Morgan fingerprint density at radius 1 is 1.17 bits per heavy atom. The molecule has 0 amide bonds. The summed E-state index contributed by atoms with van der Waals surface area (Å²) in [5.74, 6) is 0.923. The third-order valence-corrected chi connectivity index (χ3v) is 3.93. The Labute approximate surface area is 112 Å². The summed E-state index contributed by atoms with van der Waals surface area (Å²) in [6.07, 6.45) is 4.01. The molecule has 1 N–H and O–H groups in total. The van der Waals surface area contributed by atoms with Crippen LogP contribution in [0, 0.1) is 5.92 Å². The molecule has 1 aromatic rings. The topological polar surface area (TPSA) is 12.0 Å². The lowest BCUT2D eigenvalue weighted by Gasteiger charge is -2.21. The maximum Gasteiger partial charge on any atom is 0.0136 e. The second-order valence-corrected chi connectivity index (χ2v) is 6.65. The van der Waals surface area contributed by atoms with E-state index in [9.17, 15) is 0 Å². The Bertz CT molecular complexity index is 368. The average Bonchev–Trinajstić information content (AvgIpc) is 3.12. The molecular formula is C17H27N. The van der Waals surface area contributed by atoms with Crippen LogP contribution in [0.1, 0.15) is 51.7 Å². The van der Waals surface area contributed by atoms with Crippen LogP contribution in [0.4, 0.5) is 0 Å². The Balaban J connectivity index is 2.00. The van der Waals surface area contributed by atoms with Crippen molar-refractivity contribution >= 4 is 0 Å². The van der Waals surface area contributed by atoms with Crippen molar-refractivity contribution in [2.45, 2.75) is 58.4 Å². The fraction of sp³-hybridized carbons (Fsp3) is 0.647. The van der Waals surface area contributed by atoms with Gasteiger partial charge in [0.15, 0.2) is 0 Å². The third-order valence-electron chi connectivity index (χ3n) is 3.93. The van der Waals surface area contributed by atoms with Crippen LogP contribution in [-0.2, 0) is 11.8 Å². The van der Waals surface area contributed by atoms with Gasteiger partial charge in [-0.15, -0.1) is 0 Å². The van der Waals surface area contributed by atoms with E-state index >= 15 is 0 Å². The highest BCUT2D eigenvalue weighted by molar-refractivity contribution is 5.28. The van der Waals surface area contributed by atoms with Crippen molar-refractivity contribution in [3.63, 3.8) is 0 Å². The maximum absolute atomic E-state index is 3.64. The number of nitrogens with one attached hydrogen (secondary N) is 1. The van der Waals surface area contributed by atoms with E-state index in [1.54, 1.807) is 0 Å². The number of likely N-dealkylation sites (N-methyl/N-ethyl adjacent to an activating group) is 1. The van der Waals surface area contributed by atoms with Crippen LogP contribution in [0.5, 0.6) is 0 Å². The van der Waals surface area contributed by atoms with E-state index in [1.807, 2.05) is 0 Å². The van der Waals surface area contributed by atoms with Crippen molar-refractivity contribution in [2.75, 3.05) is 6.54 Å². The molecule has 0 saturated heterocycles. The Kier molecular flexibility index (Phi) is 4.11. The first kappa shape index (κ1) is 13.6. The van der Waals surface area contributed by atoms with Gasteiger partial charge < -0.3 is 5.32 Å². The summed E-state index contributed by atoms with van der Waals surface area (Å²) in [6, 6.07) is 9.91. The van der Waals surface area contributed by atoms with Gasteiger partial charge in [0, 0.05) is 6.04 Å². The lowest BCUT2D eigenvalue weighted by molar-refractivity contribution is 0.472. The SMILES string of the molecule is CCNC(Cc1ccc(C(C)(C)C)cc1)C1CC1. The molecule has 0 radical (unpaired) electrons. The van der Waals surface area contributed by atoms with Gasteiger partial charge in [0.05, 0.1) is 0 Å². The molecule has 1 heteroatoms. The summed E-state index contributed by atoms with van der Waals surface area (Å²) in [5, 5.41) is 3.64. The Hall–Kier alpha value is -0.820. The fourth-order valence-electron chi connectivity index (χ4n) is 2.56. The van der Waals surface area contributed by atoms with E-state index in [0.29, 0.717) is 6.04 Å². The number of rotatable bonds is 5. The highest BCUT2D eigenvalue weighted by Gasteiger charge is 2.30. The minimum atomic E-state index is 0.260. The predicted octanol–water partition coefficient (Wildman–Crippen LogP) is 3.91. The van der Waals surface area contributed by atoms with Crippen LogP contribution in [0.3, 0.4) is 0 Å². The lowest BCUT2D eigenvalue weighted by atomic mass is 9.86. The first-order valence-electron chi connectivity index (χ1n) is 7.33. The summed E-state index contributed by atoms with van der Waals surface area (Å²) in [5.41, 5.74) is 3.16. The molecule has 0 aromatic heterocycles. The normalized spacial score (nSPS) is 17.8. The lowest BCUT2D eigenvalue weighted by Crippen LogP contribution is -2.32. The summed E-state index contributed by atoms with van der Waals surface area (Å²) in [4.78, 5) is 0. The molecule has 0 spiro atoms. The number of hydrogen-bond donors (Lipinski definition) is 1. The monoisotopic (exact) mass is 245 g/mol. The van der Waals surface area contributed by atoms with Crippen molar-refractivity contribution in [3.05, 3.63) is 35.4 Å². The smallest absolute Gasteiger partial charge is 0.0136 e. The van der Waals surface area contributed by atoms with Crippen molar-refractivity contribution in [2.24, 2.45) is 5.92 Å². The van der Waals surface area contributed by atoms with Crippen molar-refractivity contribution in [1.82, 2.24) is 5.32 Å². The Morgan fingerprint density at radius 2 is 1.78 bits per heavy atom. The summed E-state index contributed by atoms with van der Waals surface area (Å²) < 4.78 is 0. The molecule has 1 aromatic carbocycles. The van der Waals surface area contributed by atoms with E-state index in [0.717, 1.165) is 12.5 Å². The molecule has 0 bridgehead atoms. The van der Waals surface area contributed by atoms with Crippen LogP contribution >= 0.6 is 0 Å². The zero-order valence-electron chi connectivity index (χ0n) is 12.3. The molecule has 0 aliphatic heterocycles. The van der Waals surface area contributed by atoms with Gasteiger partial charge >= 0.3 is 0 Å². The van der Waals surface area contributed by atoms with Crippen LogP contribution < -0.4 is 5.32 Å². The number of benzene rings is 1. The van der Waals surface area contributed by atoms with Crippen LogP contribution in [0.2, 0.25) is 0 Å². The van der Waals surface area contributed by atoms with Gasteiger partial charge in [0.2, 0.25) is 0 Å². The number of hydrogen-bond acceptors (Lipinski definition) is 1. The highest BCUT2D eigenvalue weighted by Crippen LogP contribution is 2.34. The quantitative estimate of drug-likeness (QED) is 0.829. The van der Waals surface area contributed by atoms with Gasteiger partial charge in [-0.3, -0.25) is 0 Å². The van der Waals surface area contributed by atoms with E-state index in [1.165, 1.54) is 30.4 Å².